The molecule has 0 bridgehead atoms. The van der Waals surface area contributed by atoms with Crippen LogP contribution in [0.4, 0.5) is 4.39 Å². The summed E-state index contributed by atoms with van der Waals surface area (Å²) in [7, 11) is 0. The molecule has 4 nitrogen and oxygen atoms in total. The minimum Gasteiger partial charge on any atom is -0.385 e. The molecule has 0 aliphatic heterocycles. The number of aliphatic hydroxyl groups is 1. The highest BCUT2D eigenvalue weighted by molar-refractivity contribution is 7.10. The fourth-order valence-electron chi connectivity index (χ4n) is 2.31. The molecule has 0 fully saturated rings. The van der Waals surface area contributed by atoms with Crippen LogP contribution in [0.1, 0.15) is 34.4 Å². The van der Waals surface area contributed by atoms with Gasteiger partial charge in [0.2, 0.25) is 0 Å². The highest BCUT2D eigenvalue weighted by Gasteiger charge is 2.11. The fraction of sp³-hybridized carbons (Fsp3) is 0.250. The van der Waals surface area contributed by atoms with Crippen molar-refractivity contribution in [3.8, 4) is 0 Å². The second-order valence-corrected chi connectivity index (χ2v) is 6.15. The molecule has 114 valence electrons. The monoisotopic (exact) mass is 317 g/mol. The van der Waals surface area contributed by atoms with Gasteiger partial charge in [0.15, 0.2) is 5.82 Å². The molecule has 3 aromatic rings. The summed E-state index contributed by atoms with van der Waals surface area (Å²) in [5, 5.41) is 18.5. The van der Waals surface area contributed by atoms with Crippen LogP contribution in [0, 0.1) is 5.82 Å². The van der Waals surface area contributed by atoms with Crippen molar-refractivity contribution in [3.05, 3.63) is 69.7 Å². The number of benzene rings is 1. The Balaban J connectivity index is 1.57. The van der Waals surface area contributed by atoms with E-state index in [1.54, 1.807) is 23.5 Å². The molecule has 2 aromatic heterocycles. The van der Waals surface area contributed by atoms with E-state index in [0.29, 0.717) is 12.2 Å². The summed E-state index contributed by atoms with van der Waals surface area (Å²) in [6.45, 7) is 0. The number of aromatic amines is 1. The van der Waals surface area contributed by atoms with Gasteiger partial charge < -0.3 is 5.11 Å². The van der Waals surface area contributed by atoms with E-state index >= 15 is 0 Å². The maximum absolute atomic E-state index is 13.2. The predicted molar refractivity (Wildman–Crippen MR) is 83.2 cm³/mol. The van der Waals surface area contributed by atoms with E-state index in [9.17, 15) is 9.50 Å². The predicted octanol–water partition coefficient (Wildman–Crippen LogP) is 3.26. The lowest BCUT2D eigenvalue weighted by Crippen LogP contribution is -2.01. The maximum atomic E-state index is 13.2. The van der Waals surface area contributed by atoms with Crippen LogP contribution < -0.4 is 0 Å². The number of rotatable bonds is 6. The van der Waals surface area contributed by atoms with Crippen LogP contribution in [0.15, 0.2) is 42.0 Å². The molecular formula is C16H16FN3OS. The smallest absolute Gasteiger partial charge is 0.153 e. The standard InChI is InChI=1S/C16H16FN3OS/c17-13-3-1-2-11(6-13)7-14-8-12(9-22-14)4-5-15(21)16-18-10-19-20-16/h1-3,6,8-10,15,21H,4-5,7H2,(H,18,19,20). The van der Waals surface area contributed by atoms with E-state index in [0.717, 1.165) is 18.4 Å². The number of hydrogen-bond acceptors (Lipinski definition) is 4. The molecule has 0 radical (unpaired) electrons. The summed E-state index contributed by atoms with van der Waals surface area (Å²) in [6, 6.07) is 8.78. The Morgan fingerprint density at radius 1 is 1.27 bits per heavy atom. The van der Waals surface area contributed by atoms with Gasteiger partial charge in [0.05, 0.1) is 0 Å². The first-order chi connectivity index (χ1) is 10.7. The van der Waals surface area contributed by atoms with E-state index < -0.39 is 6.10 Å². The average Bonchev–Trinajstić information content (AvgIpc) is 3.16. The Morgan fingerprint density at radius 2 is 2.18 bits per heavy atom. The number of hydrogen-bond donors (Lipinski definition) is 2. The molecule has 2 N–H and O–H groups in total. The van der Waals surface area contributed by atoms with E-state index in [1.165, 1.54) is 22.8 Å². The number of halogens is 1. The van der Waals surface area contributed by atoms with Crippen molar-refractivity contribution < 1.29 is 9.50 Å². The van der Waals surface area contributed by atoms with E-state index in [4.69, 9.17) is 0 Å². The first-order valence-corrected chi connectivity index (χ1v) is 7.93. The van der Waals surface area contributed by atoms with Gasteiger partial charge in [0.1, 0.15) is 18.2 Å². The largest absolute Gasteiger partial charge is 0.385 e. The first-order valence-electron chi connectivity index (χ1n) is 7.05. The highest BCUT2D eigenvalue weighted by Crippen LogP contribution is 2.22. The number of nitrogens with zero attached hydrogens (tertiary/aromatic N) is 2. The first kappa shape index (κ1) is 14.9. The molecule has 1 aromatic carbocycles. The topological polar surface area (TPSA) is 61.8 Å². The molecule has 0 aliphatic carbocycles. The molecule has 22 heavy (non-hydrogen) atoms. The van der Waals surface area contributed by atoms with Gasteiger partial charge in [-0.1, -0.05) is 12.1 Å². The Hall–Kier alpha value is -2.05. The van der Waals surface area contributed by atoms with Gasteiger partial charge in [0.25, 0.3) is 0 Å². The SMILES string of the molecule is OC(CCc1csc(Cc2cccc(F)c2)c1)c1ncn[nH]1. The molecule has 0 amide bonds. The molecule has 3 rings (SSSR count). The number of aliphatic hydroxyl groups excluding tert-OH is 1. The summed E-state index contributed by atoms with van der Waals surface area (Å²) in [5.41, 5.74) is 2.14. The molecular weight excluding hydrogens is 301 g/mol. The van der Waals surface area contributed by atoms with Crippen molar-refractivity contribution in [2.75, 3.05) is 0 Å². The molecule has 1 unspecified atom stereocenters. The van der Waals surface area contributed by atoms with Crippen molar-refractivity contribution in [3.63, 3.8) is 0 Å². The Bertz CT molecular complexity index is 727. The minimum atomic E-state index is -0.630. The van der Waals surface area contributed by atoms with E-state index in [1.807, 2.05) is 6.07 Å². The second-order valence-electron chi connectivity index (χ2n) is 5.15. The zero-order valence-corrected chi connectivity index (χ0v) is 12.7. The number of aromatic nitrogens is 3. The quantitative estimate of drug-likeness (QED) is 0.733. The molecule has 2 heterocycles. The lowest BCUT2D eigenvalue weighted by Gasteiger charge is -2.05. The normalized spacial score (nSPS) is 12.5. The molecule has 6 heteroatoms. The van der Waals surface area contributed by atoms with Crippen LogP contribution in [-0.4, -0.2) is 20.3 Å². The van der Waals surface area contributed by atoms with Crippen molar-refractivity contribution >= 4 is 11.3 Å². The van der Waals surface area contributed by atoms with Crippen molar-refractivity contribution in [2.45, 2.75) is 25.4 Å². The number of nitrogens with one attached hydrogen (secondary N) is 1. The van der Waals surface area contributed by atoms with Crippen LogP contribution in [-0.2, 0) is 12.8 Å². The molecule has 0 spiro atoms. The lowest BCUT2D eigenvalue weighted by atomic mass is 10.1. The fourth-order valence-corrected chi connectivity index (χ4v) is 3.27. The maximum Gasteiger partial charge on any atom is 0.153 e. The molecule has 0 saturated heterocycles. The van der Waals surface area contributed by atoms with Crippen LogP contribution in [0.2, 0.25) is 0 Å². The Morgan fingerprint density at radius 3 is 2.95 bits per heavy atom. The van der Waals surface area contributed by atoms with Crippen molar-refractivity contribution in [1.82, 2.24) is 15.2 Å². The minimum absolute atomic E-state index is 0.204. The zero-order valence-electron chi connectivity index (χ0n) is 11.9. The summed E-state index contributed by atoms with van der Waals surface area (Å²) in [6.07, 6.45) is 2.84. The zero-order chi connectivity index (χ0) is 15.4. The Kier molecular flexibility index (Phi) is 4.60. The summed E-state index contributed by atoms with van der Waals surface area (Å²) < 4.78 is 13.2. The van der Waals surface area contributed by atoms with Crippen molar-refractivity contribution in [2.24, 2.45) is 0 Å². The van der Waals surface area contributed by atoms with Gasteiger partial charge in [-0.3, -0.25) is 5.10 Å². The number of aryl methyl sites for hydroxylation is 1. The van der Waals surface area contributed by atoms with Crippen LogP contribution >= 0.6 is 11.3 Å². The van der Waals surface area contributed by atoms with Crippen LogP contribution in [0.5, 0.6) is 0 Å². The number of H-pyrrole nitrogens is 1. The highest BCUT2D eigenvalue weighted by atomic mass is 32.1. The van der Waals surface area contributed by atoms with Gasteiger partial charge in [-0.25, -0.2) is 9.37 Å². The van der Waals surface area contributed by atoms with Gasteiger partial charge in [-0.15, -0.1) is 11.3 Å². The van der Waals surface area contributed by atoms with Gasteiger partial charge >= 0.3 is 0 Å². The van der Waals surface area contributed by atoms with Crippen LogP contribution in [0.25, 0.3) is 0 Å². The van der Waals surface area contributed by atoms with Crippen LogP contribution in [0.3, 0.4) is 0 Å². The number of thiophene rings is 1. The molecule has 0 aliphatic rings. The second kappa shape index (κ2) is 6.81. The average molecular weight is 317 g/mol. The van der Waals surface area contributed by atoms with Gasteiger partial charge in [-0.2, -0.15) is 5.10 Å². The summed E-state index contributed by atoms with van der Waals surface area (Å²) >= 11 is 1.66. The third kappa shape index (κ3) is 3.78. The summed E-state index contributed by atoms with van der Waals surface area (Å²) in [5.74, 6) is 0.291. The van der Waals surface area contributed by atoms with Gasteiger partial charge in [-0.05, 0) is 47.5 Å². The summed E-state index contributed by atoms with van der Waals surface area (Å²) in [4.78, 5) is 5.14. The van der Waals surface area contributed by atoms with Crippen molar-refractivity contribution in [1.29, 1.82) is 0 Å². The molecule has 0 saturated carbocycles. The van der Waals surface area contributed by atoms with Gasteiger partial charge in [0, 0.05) is 11.3 Å². The lowest BCUT2D eigenvalue weighted by molar-refractivity contribution is 0.158. The van der Waals surface area contributed by atoms with E-state index in [2.05, 4.69) is 26.6 Å². The van der Waals surface area contributed by atoms with E-state index in [-0.39, 0.29) is 5.82 Å². The molecule has 1 atom stereocenters. The third-order valence-corrected chi connectivity index (χ3v) is 4.42. The Labute approximate surface area is 131 Å². The third-order valence-electron chi connectivity index (χ3n) is 3.43.